The lowest BCUT2D eigenvalue weighted by atomic mass is 10.1. The maximum absolute atomic E-state index is 12.9. The van der Waals surface area contributed by atoms with Gasteiger partial charge in [-0.25, -0.2) is 8.42 Å². The number of nitrogens with zero attached hydrogens (tertiary/aromatic N) is 1. The van der Waals surface area contributed by atoms with Crippen molar-refractivity contribution in [2.24, 2.45) is 0 Å². The Labute approximate surface area is 184 Å². The molecule has 0 aliphatic heterocycles. The summed E-state index contributed by atoms with van der Waals surface area (Å²) in [4.78, 5) is 12.9. The molecule has 1 atom stereocenters. The van der Waals surface area contributed by atoms with Gasteiger partial charge in [0.25, 0.3) is 0 Å². The number of rotatable bonds is 8. The second-order valence-corrected chi connectivity index (χ2v) is 9.01. The van der Waals surface area contributed by atoms with Gasteiger partial charge in [0.15, 0.2) is 0 Å². The zero-order chi connectivity index (χ0) is 23.4. The number of hydrogen-bond donors (Lipinski definition) is 1. The van der Waals surface area contributed by atoms with Crippen LogP contribution < -0.4 is 14.4 Å². The first-order chi connectivity index (χ1) is 14.4. The van der Waals surface area contributed by atoms with Gasteiger partial charge in [0, 0.05) is 11.6 Å². The van der Waals surface area contributed by atoms with Crippen molar-refractivity contribution in [3.05, 3.63) is 58.6 Å². The van der Waals surface area contributed by atoms with E-state index in [1.807, 2.05) is 0 Å². The van der Waals surface area contributed by atoms with Crippen LogP contribution in [0.2, 0.25) is 5.02 Å². The summed E-state index contributed by atoms with van der Waals surface area (Å²) in [5.41, 5.74) is -0.532. The quantitative estimate of drug-likeness (QED) is 0.616. The highest BCUT2D eigenvalue weighted by Gasteiger charge is 2.34. The Morgan fingerprint density at radius 2 is 1.90 bits per heavy atom. The number of carbonyl (C=O) groups is 1. The molecule has 0 saturated heterocycles. The van der Waals surface area contributed by atoms with E-state index in [2.05, 4.69) is 5.32 Å². The van der Waals surface area contributed by atoms with E-state index in [4.69, 9.17) is 16.3 Å². The van der Waals surface area contributed by atoms with Crippen LogP contribution >= 0.6 is 11.6 Å². The molecule has 0 heterocycles. The van der Waals surface area contributed by atoms with Crippen molar-refractivity contribution in [3.8, 4) is 5.75 Å². The molecule has 2 aromatic carbocycles. The standard InChI is InChI=1S/C20H22ClF3N2O4S/c1-4-16(19(27)25-12-13-6-5-7-14(10-13)20(22,23)24)26(31(3,28)29)17-11-15(21)8-9-18(17)30-2/h5-11,16H,4,12H2,1-3H3,(H,25,27). The smallest absolute Gasteiger partial charge is 0.416 e. The van der Waals surface area contributed by atoms with E-state index in [0.717, 1.165) is 22.7 Å². The molecule has 0 aliphatic carbocycles. The van der Waals surface area contributed by atoms with Crippen LogP contribution in [-0.4, -0.2) is 33.7 Å². The van der Waals surface area contributed by atoms with E-state index in [9.17, 15) is 26.4 Å². The SMILES string of the molecule is CCC(C(=O)NCc1cccc(C(F)(F)F)c1)N(c1cc(Cl)ccc1OC)S(C)(=O)=O. The van der Waals surface area contributed by atoms with Gasteiger partial charge in [0.2, 0.25) is 15.9 Å². The summed E-state index contributed by atoms with van der Waals surface area (Å²) in [5, 5.41) is 2.76. The number of alkyl halides is 3. The van der Waals surface area contributed by atoms with Crippen molar-refractivity contribution in [2.75, 3.05) is 17.7 Å². The maximum Gasteiger partial charge on any atom is 0.416 e. The van der Waals surface area contributed by atoms with E-state index in [-0.39, 0.29) is 35.0 Å². The molecular formula is C20H22ClF3N2O4S. The summed E-state index contributed by atoms with van der Waals surface area (Å²) < 4.78 is 69.9. The molecule has 11 heteroatoms. The first-order valence-electron chi connectivity index (χ1n) is 9.15. The van der Waals surface area contributed by atoms with E-state index < -0.39 is 33.7 Å². The topological polar surface area (TPSA) is 75.7 Å². The highest BCUT2D eigenvalue weighted by molar-refractivity contribution is 7.92. The molecule has 0 aromatic heterocycles. The molecule has 0 radical (unpaired) electrons. The monoisotopic (exact) mass is 478 g/mol. The van der Waals surface area contributed by atoms with Crippen molar-refractivity contribution in [2.45, 2.75) is 32.1 Å². The molecule has 2 rings (SSSR count). The van der Waals surface area contributed by atoms with Crippen molar-refractivity contribution >= 4 is 33.2 Å². The van der Waals surface area contributed by atoms with Gasteiger partial charge >= 0.3 is 6.18 Å². The minimum absolute atomic E-state index is 0.0820. The summed E-state index contributed by atoms with van der Waals surface area (Å²) in [6, 6.07) is 7.71. The molecule has 170 valence electrons. The number of sulfonamides is 1. The normalized spacial score (nSPS) is 12.9. The highest BCUT2D eigenvalue weighted by Crippen LogP contribution is 2.35. The molecular weight excluding hydrogens is 457 g/mol. The minimum atomic E-state index is -4.51. The van der Waals surface area contributed by atoms with Crippen molar-refractivity contribution in [3.63, 3.8) is 0 Å². The summed E-state index contributed by atoms with van der Waals surface area (Å²) >= 11 is 6.02. The minimum Gasteiger partial charge on any atom is -0.495 e. The maximum atomic E-state index is 12.9. The molecule has 6 nitrogen and oxygen atoms in total. The Hall–Kier alpha value is -2.46. The van der Waals surface area contributed by atoms with Gasteiger partial charge in [-0.3, -0.25) is 9.10 Å². The first kappa shape index (κ1) is 24.8. The third-order valence-corrected chi connectivity index (χ3v) is 5.83. The van der Waals surface area contributed by atoms with Crippen LogP contribution in [0.5, 0.6) is 5.75 Å². The average Bonchev–Trinajstić information content (AvgIpc) is 2.68. The van der Waals surface area contributed by atoms with Gasteiger partial charge in [-0.1, -0.05) is 30.7 Å². The second-order valence-electron chi connectivity index (χ2n) is 6.71. The molecule has 0 spiro atoms. The van der Waals surface area contributed by atoms with Crippen molar-refractivity contribution < 1.29 is 31.1 Å². The van der Waals surface area contributed by atoms with E-state index >= 15 is 0 Å². The Balaban J connectivity index is 2.33. The number of nitrogens with one attached hydrogen (secondary N) is 1. The van der Waals surface area contributed by atoms with Crippen LogP contribution in [0.1, 0.15) is 24.5 Å². The fourth-order valence-electron chi connectivity index (χ4n) is 3.04. The number of benzene rings is 2. The van der Waals surface area contributed by atoms with Gasteiger partial charge in [-0.2, -0.15) is 13.2 Å². The summed E-state index contributed by atoms with van der Waals surface area (Å²) in [6.07, 6.45) is -3.48. The zero-order valence-electron chi connectivity index (χ0n) is 17.0. The van der Waals surface area contributed by atoms with Gasteiger partial charge < -0.3 is 10.1 Å². The molecule has 2 aromatic rings. The predicted molar refractivity (Wildman–Crippen MR) is 113 cm³/mol. The van der Waals surface area contributed by atoms with E-state index in [0.29, 0.717) is 0 Å². The van der Waals surface area contributed by atoms with Crippen LogP contribution in [-0.2, 0) is 27.5 Å². The number of hydrogen-bond acceptors (Lipinski definition) is 4. The molecule has 0 aliphatic rings. The number of carbonyl (C=O) groups excluding carboxylic acids is 1. The molecule has 1 unspecified atom stereocenters. The third kappa shape index (κ3) is 6.27. The molecule has 0 bridgehead atoms. The van der Waals surface area contributed by atoms with Crippen molar-refractivity contribution in [1.29, 1.82) is 0 Å². The van der Waals surface area contributed by atoms with Crippen LogP contribution in [0.4, 0.5) is 18.9 Å². The van der Waals surface area contributed by atoms with Gasteiger partial charge in [0.1, 0.15) is 11.8 Å². The number of anilines is 1. The lowest BCUT2D eigenvalue weighted by Crippen LogP contribution is -2.49. The number of ether oxygens (including phenoxy) is 1. The Morgan fingerprint density at radius 1 is 1.23 bits per heavy atom. The zero-order valence-corrected chi connectivity index (χ0v) is 18.6. The molecule has 1 N–H and O–H groups in total. The fraction of sp³-hybridized carbons (Fsp3) is 0.350. The molecule has 31 heavy (non-hydrogen) atoms. The lowest BCUT2D eigenvalue weighted by molar-refractivity contribution is -0.137. The molecule has 0 saturated carbocycles. The van der Waals surface area contributed by atoms with Crippen LogP contribution in [0.25, 0.3) is 0 Å². The summed E-state index contributed by atoms with van der Waals surface area (Å²) in [5.74, 6) is -0.480. The Morgan fingerprint density at radius 3 is 2.45 bits per heavy atom. The molecule has 1 amide bonds. The van der Waals surface area contributed by atoms with Crippen LogP contribution in [0, 0.1) is 0 Å². The largest absolute Gasteiger partial charge is 0.495 e. The first-order valence-corrected chi connectivity index (χ1v) is 11.4. The average molecular weight is 479 g/mol. The van der Waals surface area contributed by atoms with Crippen LogP contribution in [0.3, 0.4) is 0 Å². The predicted octanol–water partition coefficient (Wildman–Crippen LogP) is 4.23. The van der Waals surface area contributed by atoms with Gasteiger partial charge in [-0.15, -0.1) is 0 Å². The summed E-state index contributed by atoms with van der Waals surface area (Å²) in [6.45, 7) is 1.41. The number of methoxy groups -OCH3 is 1. The lowest BCUT2D eigenvalue weighted by Gasteiger charge is -2.31. The number of amides is 1. The number of halogens is 4. The second kappa shape index (κ2) is 9.78. The Bertz CT molecular complexity index is 1040. The fourth-order valence-corrected chi connectivity index (χ4v) is 4.41. The van der Waals surface area contributed by atoms with Gasteiger partial charge in [0.05, 0.1) is 24.6 Å². The highest BCUT2D eigenvalue weighted by atomic mass is 35.5. The van der Waals surface area contributed by atoms with E-state index in [1.165, 1.54) is 37.4 Å². The van der Waals surface area contributed by atoms with Crippen molar-refractivity contribution in [1.82, 2.24) is 5.32 Å². The van der Waals surface area contributed by atoms with Gasteiger partial charge in [-0.05, 0) is 42.3 Å². The van der Waals surface area contributed by atoms with Crippen LogP contribution in [0.15, 0.2) is 42.5 Å². The molecule has 0 fully saturated rings. The van der Waals surface area contributed by atoms with E-state index in [1.54, 1.807) is 6.92 Å². The summed E-state index contributed by atoms with van der Waals surface area (Å²) in [7, 11) is -2.60. The third-order valence-electron chi connectivity index (χ3n) is 4.43. The Kier molecular flexibility index (Phi) is 7.82.